The van der Waals surface area contributed by atoms with Crippen molar-refractivity contribution in [2.75, 3.05) is 72.0 Å². The molecule has 1 aromatic carbocycles. The zero-order valence-corrected chi connectivity index (χ0v) is 21.8. The molecule has 0 aliphatic carbocycles. The summed E-state index contributed by atoms with van der Waals surface area (Å²) in [6.45, 7) is 7.42. The summed E-state index contributed by atoms with van der Waals surface area (Å²) in [5, 5.41) is 11.0. The largest absolute Gasteiger partial charge is 0.369 e. The van der Waals surface area contributed by atoms with Gasteiger partial charge >= 0.3 is 0 Å². The van der Waals surface area contributed by atoms with E-state index >= 15 is 0 Å². The number of rotatable bonds is 10. The third kappa shape index (κ3) is 10.9. The fourth-order valence-corrected chi connectivity index (χ4v) is 4.79. The second kappa shape index (κ2) is 15.4. The highest BCUT2D eigenvalue weighted by Gasteiger charge is 2.25. The molecule has 1 aliphatic rings. The molecule has 1 atom stereocenters. The van der Waals surface area contributed by atoms with E-state index < -0.39 is 17.7 Å². The van der Waals surface area contributed by atoms with Crippen LogP contribution in [0.4, 0.5) is 0 Å². The summed E-state index contributed by atoms with van der Waals surface area (Å²) in [6.07, 6.45) is 0.683. The number of nitriles is 1. The van der Waals surface area contributed by atoms with E-state index in [0.717, 1.165) is 35.3 Å². The molecule has 1 unspecified atom stereocenters. The summed E-state index contributed by atoms with van der Waals surface area (Å²) in [6, 6.07) is 7.83. The third-order valence-corrected chi connectivity index (χ3v) is 6.88. The molecule has 36 heavy (non-hydrogen) atoms. The summed E-state index contributed by atoms with van der Waals surface area (Å²) in [4.78, 5) is 44.5. The minimum Gasteiger partial charge on any atom is -0.369 e. The summed E-state index contributed by atoms with van der Waals surface area (Å²) in [5.41, 5.74) is 17.7. The van der Waals surface area contributed by atoms with Crippen molar-refractivity contribution in [2.45, 2.75) is 24.3 Å². The van der Waals surface area contributed by atoms with Crippen LogP contribution in [0.3, 0.4) is 0 Å². The van der Waals surface area contributed by atoms with E-state index in [9.17, 15) is 14.4 Å². The second-order valence-corrected chi connectivity index (χ2v) is 9.87. The molecule has 0 radical (unpaired) electrons. The smallest absolute Gasteiger partial charge is 0.231 e. The first-order valence-electron chi connectivity index (χ1n) is 12.1. The monoisotopic (exact) mass is 518 g/mol. The highest BCUT2D eigenvalue weighted by molar-refractivity contribution is 8.03. The van der Waals surface area contributed by atoms with Crippen LogP contribution in [0, 0.1) is 10.7 Å². The van der Waals surface area contributed by atoms with Gasteiger partial charge < -0.3 is 22.1 Å². The average molecular weight is 519 g/mol. The minimum absolute atomic E-state index is 0.0219. The maximum atomic E-state index is 12.0. The second-order valence-electron chi connectivity index (χ2n) is 9.01. The Kier molecular flexibility index (Phi) is 12.7. The van der Waals surface area contributed by atoms with Gasteiger partial charge in [0.1, 0.15) is 5.40 Å². The van der Waals surface area contributed by atoms with E-state index in [0.29, 0.717) is 45.7 Å². The molecule has 0 bridgehead atoms. The predicted octanol–water partition coefficient (Wildman–Crippen LogP) is -1.13. The molecule has 2 rings (SSSR count). The van der Waals surface area contributed by atoms with Crippen molar-refractivity contribution < 1.29 is 14.4 Å². The van der Waals surface area contributed by atoms with E-state index in [1.54, 1.807) is 0 Å². The van der Waals surface area contributed by atoms with Crippen molar-refractivity contribution >= 4 is 29.5 Å². The van der Waals surface area contributed by atoms with Gasteiger partial charge in [-0.05, 0) is 42.4 Å². The number of nitrogens with two attached hydrogens (primary N) is 3. The minimum atomic E-state index is -0.436. The van der Waals surface area contributed by atoms with Gasteiger partial charge in [-0.2, -0.15) is 5.26 Å². The molecule has 0 saturated carbocycles. The van der Waals surface area contributed by atoms with Gasteiger partial charge in [-0.15, -0.1) is 0 Å². The van der Waals surface area contributed by atoms with Crippen molar-refractivity contribution in [3.8, 4) is 5.40 Å². The van der Waals surface area contributed by atoms with Gasteiger partial charge in [0.05, 0.1) is 19.6 Å². The summed E-state index contributed by atoms with van der Waals surface area (Å²) in [5.74, 6) is -1.24. The van der Waals surface area contributed by atoms with Crippen molar-refractivity contribution in [3.05, 3.63) is 29.8 Å². The molecular weight excluding hydrogens is 480 g/mol. The Morgan fingerprint density at radius 3 is 1.83 bits per heavy atom. The Labute approximate surface area is 217 Å². The molecule has 1 saturated heterocycles. The lowest BCUT2D eigenvalue weighted by Crippen LogP contribution is -2.53. The Bertz CT molecular complexity index is 908. The van der Waals surface area contributed by atoms with Crippen molar-refractivity contribution in [1.82, 2.24) is 19.6 Å². The molecule has 1 aromatic rings. The number of likely N-dealkylation sites (N-methyl/N-ethyl adjacent to an activating group) is 1. The standard InChI is InChI=1S/C24H38N8O3S/c1-2-29-7-8-30(15-22(26)33)9-10-31(16-23(27)34)11-12-32(17-24(28)35)20(14-29)13-19-3-5-21(6-4-19)36-18-25/h3-6,20H,2,7-17H2,1H3,(H2,26,33)(H2,27,34)(H2,28,35). The number of primary amides is 3. The van der Waals surface area contributed by atoms with Gasteiger partial charge in [-0.25, -0.2) is 0 Å². The van der Waals surface area contributed by atoms with Crippen LogP contribution < -0.4 is 17.2 Å². The number of hydrogen-bond donors (Lipinski definition) is 3. The van der Waals surface area contributed by atoms with Gasteiger partial charge in [-0.3, -0.25) is 29.1 Å². The van der Waals surface area contributed by atoms with Crippen LogP contribution in [0.2, 0.25) is 0 Å². The predicted molar refractivity (Wildman–Crippen MR) is 140 cm³/mol. The van der Waals surface area contributed by atoms with Crippen LogP contribution in [0.15, 0.2) is 29.2 Å². The first-order valence-corrected chi connectivity index (χ1v) is 12.9. The Morgan fingerprint density at radius 1 is 0.861 bits per heavy atom. The highest BCUT2D eigenvalue weighted by Crippen LogP contribution is 2.19. The van der Waals surface area contributed by atoms with Gasteiger partial charge in [0.25, 0.3) is 0 Å². The van der Waals surface area contributed by atoms with E-state index in [-0.39, 0.29) is 25.7 Å². The quantitative estimate of drug-likeness (QED) is 0.256. The number of carbonyl (C=O) groups excluding carboxylic acids is 3. The Balaban J connectivity index is 2.32. The number of amides is 3. The molecule has 1 aliphatic heterocycles. The van der Waals surface area contributed by atoms with Crippen LogP contribution in [0.25, 0.3) is 0 Å². The molecule has 11 nitrogen and oxygen atoms in total. The number of carbonyl (C=O) groups is 3. The van der Waals surface area contributed by atoms with Crippen LogP contribution in [0.1, 0.15) is 12.5 Å². The van der Waals surface area contributed by atoms with Gasteiger partial charge in [0, 0.05) is 56.8 Å². The van der Waals surface area contributed by atoms with Gasteiger partial charge in [0.15, 0.2) is 0 Å². The van der Waals surface area contributed by atoms with Crippen molar-refractivity contribution in [3.63, 3.8) is 0 Å². The van der Waals surface area contributed by atoms with Crippen molar-refractivity contribution in [2.24, 2.45) is 17.2 Å². The number of thiocyanates is 1. The van der Waals surface area contributed by atoms with E-state index in [4.69, 9.17) is 22.5 Å². The highest BCUT2D eigenvalue weighted by atomic mass is 32.2. The van der Waals surface area contributed by atoms with Crippen LogP contribution >= 0.6 is 11.8 Å². The first kappa shape index (κ1) is 29.5. The summed E-state index contributed by atoms with van der Waals surface area (Å²) in [7, 11) is 0. The summed E-state index contributed by atoms with van der Waals surface area (Å²) < 4.78 is 0. The fourth-order valence-electron chi connectivity index (χ4n) is 4.41. The maximum absolute atomic E-state index is 12.0. The van der Waals surface area contributed by atoms with E-state index in [2.05, 4.69) is 22.1 Å². The van der Waals surface area contributed by atoms with Crippen molar-refractivity contribution in [1.29, 1.82) is 5.26 Å². The molecule has 0 aromatic heterocycles. The molecule has 0 spiro atoms. The molecule has 6 N–H and O–H groups in total. The zero-order valence-electron chi connectivity index (χ0n) is 21.0. The summed E-state index contributed by atoms with van der Waals surface area (Å²) >= 11 is 1.11. The molecular formula is C24H38N8O3S. The molecule has 198 valence electrons. The Morgan fingerprint density at radius 2 is 1.36 bits per heavy atom. The van der Waals surface area contributed by atoms with Gasteiger partial charge in [-0.1, -0.05) is 19.1 Å². The number of hydrogen-bond acceptors (Lipinski definition) is 9. The molecule has 12 heteroatoms. The van der Waals surface area contributed by atoms with Crippen LogP contribution in [-0.4, -0.2) is 115 Å². The number of benzene rings is 1. The lowest BCUT2D eigenvalue weighted by Gasteiger charge is -2.38. The average Bonchev–Trinajstić information content (AvgIpc) is 2.81. The van der Waals surface area contributed by atoms with Crippen LogP contribution in [-0.2, 0) is 20.8 Å². The van der Waals surface area contributed by atoms with Gasteiger partial charge in [0.2, 0.25) is 17.7 Å². The first-order chi connectivity index (χ1) is 17.2. The molecule has 1 heterocycles. The third-order valence-electron chi connectivity index (χ3n) is 6.28. The fraction of sp³-hybridized carbons (Fsp3) is 0.583. The lowest BCUT2D eigenvalue weighted by atomic mass is 10.0. The topological polar surface area (TPSA) is 166 Å². The normalized spacial score (nSPS) is 19.6. The lowest BCUT2D eigenvalue weighted by molar-refractivity contribution is -0.121. The Hall–Kier alpha value is -2.69. The SMILES string of the molecule is CCN1CCN(CC(N)=O)CCN(CC(N)=O)CCN(CC(N)=O)C(Cc2ccc(SC#N)cc2)C1. The molecule has 3 amide bonds. The van der Waals surface area contributed by atoms with E-state index in [1.165, 1.54) is 0 Å². The molecule has 1 fully saturated rings. The van der Waals surface area contributed by atoms with Crippen LogP contribution in [0.5, 0.6) is 0 Å². The zero-order chi connectivity index (χ0) is 26.5. The number of nitrogens with zero attached hydrogens (tertiary/aromatic N) is 5. The maximum Gasteiger partial charge on any atom is 0.231 e. The van der Waals surface area contributed by atoms with E-state index in [1.807, 2.05) is 34.1 Å². The number of thioether (sulfide) groups is 1.